The van der Waals surface area contributed by atoms with Gasteiger partial charge >= 0.3 is 0 Å². The molecular weight excluding hydrogens is 270 g/mol. The van der Waals surface area contributed by atoms with E-state index in [0.717, 1.165) is 30.6 Å². The Hall–Kier alpha value is -2.08. The lowest BCUT2D eigenvalue weighted by Gasteiger charge is -2.11. The topological polar surface area (TPSA) is 69.4 Å². The van der Waals surface area contributed by atoms with Crippen LogP contribution in [0.3, 0.4) is 0 Å². The lowest BCUT2D eigenvalue weighted by atomic mass is 10.1. The van der Waals surface area contributed by atoms with E-state index in [2.05, 4.69) is 17.2 Å². The van der Waals surface area contributed by atoms with E-state index >= 15 is 0 Å². The minimum absolute atomic E-state index is 0.152. The normalized spacial score (nSPS) is 10.7. The van der Waals surface area contributed by atoms with Gasteiger partial charge in [0.1, 0.15) is 17.2 Å². The second-order valence-electron chi connectivity index (χ2n) is 4.72. The molecule has 0 amide bonds. The lowest BCUT2D eigenvalue weighted by molar-refractivity contribution is 0.277. The van der Waals surface area contributed by atoms with Crippen LogP contribution in [0.2, 0.25) is 0 Å². The molecule has 0 aliphatic heterocycles. The zero-order valence-electron chi connectivity index (χ0n) is 12.7. The van der Waals surface area contributed by atoms with Crippen LogP contribution >= 0.6 is 0 Å². The third-order valence-electron chi connectivity index (χ3n) is 3.30. The molecule has 1 heterocycles. The Bertz CT molecular complexity index is 574. The number of hydrogen-bond donors (Lipinski definition) is 1. The third kappa shape index (κ3) is 3.33. The van der Waals surface area contributed by atoms with Crippen LogP contribution in [0.15, 0.2) is 18.2 Å². The molecule has 0 aliphatic rings. The number of aliphatic hydroxyl groups is 1. The highest BCUT2D eigenvalue weighted by molar-refractivity contribution is 5.66. The summed E-state index contributed by atoms with van der Waals surface area (Å²) in [4.78, 5) is 0. The van der Waals surface area contributed by atoms with Crippen molar-refractivity contribution in [2.45, 2.75) is 32.9 Å². The molecule has 1 N–H and O–H groups in total. The van der Waals surface area contributed by atoms with Crippen molar-refractivity contribution in [1.29, 1.82) is 0 Å². The van der Waals surface area contributed by atoms with Crippen molar-refractivity contribution >= 4 is 0 Å². The molecule has 0 bridgehead atoms. The van der Waals surface area contributed by atoms with E-state index in [4.69, 9.17) is 9.47 Å². The summed E-state index contributed by atoms with van der Waals surface area (Å²) in [5.74, 6) is 1.38. The molecule has 2 rings (SSSR count). The van der Waals surface area contributed by atoms with Gasteiger partial charge < -0.3 is 14.6 Å². The predicted molar refractivity (Wildman–Crippen MR) is 79.4 cm³/mol. The smallest absolute Gasteiger partial charge is 0.123 e. The first-order valence-electron chi connectivity index (χ1n) is 7.00. The van der Waals surface area contributed by atoms with Gasteiger partial charge in [-0.25, -0.2) is 4.68 Å². The van der Waals surface area contributed by atoms with Gasteiger partial charge in [0.15, 0.2) is 0 Å². The highest BCUT2D eigenvalue weighted by atomic mass is 16.5. The van der Waals surface area contributed by atoms with Gasteiger partial charge in [-0.15, -0.1) is 5.10 Å². The summed E-state index contributed by atoms with van der Waals surface area (Å²) in [6.07, 6.45) is 2.07. The van der Waals surface area contributed by atoms with Crippen molar-refractivity contribution in [3.63, 3.8) is 0 Å². The fourth-order valence-electron chi connectivity index (χ4n) is 2.18. The summed E-state index contributed by atoms with van der Waals surface area (Å²) in [6.45, 7) is 2.73. The molecule has 0 saturated heterocycles. The van der Waals surface area contributed by atoms with Crippen LogP contribution in [-0.2, 0) is 13.2 Å². The molecule has 1 aromatic heterocycles. The van der Waals surface area contributed by atoms with Crippen molar-refractivity contribution in [2.75, 3.05) is 14.2 Å². The van der Waals surface area contributed by atoms with Crippen LogP contribution in [0.25, 0.3) is 11.3 Å². The number of aryl methyl sites for hydroxylation is 1. The molecule has 0 saturated carbocycles. The number of rotatable bonds is 7. The first-order chi connectivity index (χ1) is 10.2. The Morgan fingerprint density at radius 2 is 1.81 bits per heavy atom. The molecule has 1 aromatic carbocycles. The Morgan fingerprint density at radius 3 is 2.33 bits per heavy atom. The van der Waals surface area contributed by atoms with Crippen LogP contribution in [0, 0.1) is 0 Å². The minimum Gasteiger partial charge on any atom is -0.497 e. The van der Waals surface area contributed by atoms with Crippen LogP contribution in [0.5, 0.6) is 11.5 Å². The quantitative estimate of drug-likeness (QED) is 0.847. The fourth-order valence-corrected chi connectivity index (χ4v) is 2.18. The SMILES string of the molecule is CCCCn1nnc(CO)c1-c1cc(OC)cc(OC)c1. The van der Waals surface area contributed by atoms with Crippen molar-refractivity contribution in [3.05, 3.63) is 23.9 Å². The number of benzene rings is 1. The van der Waals surface area contributed by atoms with Crippen molar-refractivity contribution in [2.24, 2.45) is 0 Å². The second-order valence-corrected chi connectivity index (χ2v) is 4.72. The van der Waals surface area contributed by atoms with Gasteiger partial charge in [-0.1, -0.05) is 18.6 Å². The Balaban J connectivity index is 2.50. The maximum atomic E-state index is 9.49. The van der Waals surface area contributed by atoms with E-state index in [0.29, 0.717) is 17.2 Å². The first kappa shape index (κ1) is 15.3. The maximum absolute atomic E-state index is 9.49. The van der Waals surface area contributed by atoms with E-state index in [1.54, 1.807) is 14.2 Å². The largest absolute Gasteiger partial charge is 0.497 e. The number of methoxy groups -OCH3 is 2. The highest BCUT2D eigenvalue weighted by Gasteiger charge is 2.16. The van der Waals surface area contributed by atoms with Crippen molar-refractivity contribution in [1.82, 2.24) is 15.0 Å². The molecule has 0 unspecified atom stereocenters. The molecule has 114 valence electrons. The monoisotopic (exact) mass is 291 g/mol. The molecule has 6 nitrogen and oxygen atoms in total. The van der Waals surface area contributed by atoms with E-state index in [1.165, 1.54) is 0 Å². The van der Waals surface area contributed by atoms with Crippen molar-refractivity contribution < 1.29 is 14.6 Å². The van der Waals surface area contributed by atoms with Crippen LogP contribution in [-0.4, -0.2) is 34.3 Å². The molecule has 0 aliphatic carbocycles. The van der Waals surface area contributed by atoms with Gasteiger partial charge in [-0.2, -0.15) is 0 Å². The second kappa shape index (κ2) is 7.08. The molecule has 2 aromatic rings. The summed E-state index contributed by atoms with van der Waals surface area (Å²) in [6, 6.07) is 5.59. The Morgan fingerprint density at radius 1 is 1.14 bits per heavy atom. The van der Waals surface area contributed by atoms with Crippen LogP contribution in [0.1, 0.15) is 25.5 Å². The number of ether oxygens (including phenoxy) is 2. The van der Waals surface area contributed by atoms with E-state index in [-0.39, 0.29) is 6.61 Å². The number of hydrogen-bond acceptors (Lipinski definition) is 5. The molecular formula is C15H21N3O3. The van der Waals surface area contributed by atoms with Crippen LogP contribution < -0.4 is 9.47 Å². The molecule has 0 radical (unpaired) electrons. The number of aromatic nitrogens is 3. The minimum atomic E-state index is -0.152. The number of aliphatic hydroxyl groups excluding tert-OH is 1. The zero-order chi connectivity index (χ0) is 15.2. The highest BCUT2D eigenvalue weighted by Crippen LogP contribution is 2.31. The average Bonchev–Trinajstić information content (AvgIpc) is 2.95. The summed E-state index contributed by atoms with van der Waals surface area (Å²) < 4.78 is 12.4. The summed E-state index contributed by atoms with van der Waals surface area (Å²) in [5.41, 5.74) is 2.24. The fraction of sp³-hybridized carbons (Fsp3) is 0.467. The van der Waals surface area contributed by atoms with E-state index in [1.807, 2.05) is 22.9 Å². The predicted octanol–water partition coefficient (Wildman–Crippen LogP) is 2.25. The van der Waals surface area contributed by atoms with E-state index in [9.17, 15) is 5.11 Å². The molecule has 0 fully saturated rings. The Labute approximate surface area is 124 Å². The van der Waals surface area contributed by atoms with Gasteiger partial charge in [0.2, 0.25) is 0 Å². The Kier molecular flexibility index (Phi) is 5.16. The van der Waals surface area contributed by atoms with Crippen LogP contribution in [0.4, 0.5) is 0 Å². The summed E-state index contributed by atoms with van der Waals surface area (Å²) in [5, 5.41) is 17.7. The summed E-state index contributed by atoms with van der Waals surface area (Å²) >= 11 is 0. The molecule has 6 heteroatoms. The lowest BCUT2D eigenvalue weighted by Crippen LogP contribution is -2.03. The molecule has 0 atom stereocenters. The standard InChI is InChI=1S/C15H21N3O3/c1-4-5-6-18-15(14(10-19)16-17-18)11-7-12(20-2)9-13(8-11)21-3/h7-9,19H,4-6,10H2,1-3H3. The first-order valence-corrected chi connectivity index (χ1v) is 7.00. The zero-order valence-corrected chi connectivity index (χ0v) is 12.7. The summed E-state index contributed by atoms with van der Waals surface area (Å²) in [7, 11) is 3.22. The van der Waals surface area contributed by atoms with Gasteiger partial charge in [0, 0.05) is 18.2 Å². The average molecular weight is 291 g/mol. The number of nitrogens with zero attached hydrogens (tertiary/aromatic N) is 3. The number of unbranched alkanes of at least 4 members (excludes halogenated alkanes) is 1. The maximum Gasteiger partial charge on any atom is 0.123 e. The van der Waals surface area contributed by atoms with E-state index < -0.39 is 0 Å². The van der Waals surface area contributed by atoms with Crippen molar-refractivity contribution in [3.8, 4) is 22.8 Å². The van der Waals surface area contributed by atoms with Gasteiger partial charge in [-0.3, -0.25) is 0 Å². The van der Waals surface area contributed by atoms with Gasteiger partial charge in [0.25, 0.3) is 0 Å². The molecule has 0 spiro atoms. The van der Waals surface area contributed by atoms with Gasteiger partial charge in [-0.05, 0) is 18.6 Å². The van der Waals surface area contributed by atoms with Gasteiger partial charge in [0.05, 0.1) is 26.5 Å². The third-order valence-corrected chi connectivity index (χ3v) is 3.30. The molecule has 21 heavy (non-hydrogen) atoms.